The Balaban J connectivity index is 1.91. The number of carbonyl (C=O) groups is 1. The molecule has 2 atom stereocenters. The standard InChI is InChI=1S/C13H16BrFN2O/c1-8(11-4-2-9(14)6-12(11)15)16-7-10-3-5-13(18)17-10/h2,4,6,8,10,16H,3,5,7H2,1H3,(H,17,18). The molecule has 5 heteroatoms. The molecule has 2 rings (SSSR count). The van der Waals surface area contributed by atoms with E-state index in [-0.39, 0.29) is 23.8 Å². The van der Waals surface area contributed by atoms with Crippen LogP contribution in [0.25, 0.3) is 0 Å². The first-order valence-corrected chi connectivity index (χ1v) is 6.83. The van der Waals surface area contributed by atoms with Gasteiger partial charge in [-0.1, -0.05) is 22.0 Å². The summed E-state index contributed by atoms with van der Waals surface area (Å²) in [6.07, 6.45) is 1.44. The van der Waals surface area contributed by atoms with E-state index in [0.29, 0.717) is 18.5 Å². The molecule has 98 valence electrons. The van der Waals surface area contributed by atoms with Crippen LogP contribution in [0.2, 0.25) is 0 Å². The second kappa shape index (κ2) is 5.80. The summed E-state index contributed by atoms with van der Waals surface area (Å²) in [5, 5.41) is 6.13. The van der Waals surface area contributed by atoms with Gasteiger partial charge in [0.25, 0.3) is 0 Å². The number of amides is 1. The second-order valence-electron chi connectivity index (χ2n) is 4.60. The summed E-state index contributed by atoms with van der Waals surface area (Å²) in [4.78, 5) is 11.1. The predicted molar refractivity (Wildman–Crippen MR) is 71.7 cm³/mol. The number of nitrogens with one attached hydrogen (secondary N) is 2. The predicted octanol–water partition coefficient (Wildman–Crippen LogP) is 2.52. The zero-order valence-electron chi connectivity index (χ0n) is 10.2. The van der Waals surface area contributed by atoms with E-state index in [0.717, 1.165) is 10.9 Å². The van der Waals surface area contributed by atoms with Gasteiger partial charge in [0.15, 0.2) is 0 Å². The van der Waals surface area contributed by atoms with Crippen LogP contribution in [0.5, 0.6) is 0 Å². The van der Waals surface area contributed by atoms with Crippen molar-refractivity contribution in [2.24, 2.45) is 0 Å². The number of hydrogen-bond donors (Lipinski definition) is 2. The van der Waals surface area contributed by atoms with Gasteiger partial charge >= 0.3 is 0 Å². The third-order valence-electron chi connectivity index (χ3n) is 3.18. The number of halogens is 2. The van der Waals surface area contributed by atoms with Gasteiger partial charge in [-0.2, -0.15) is 0 Å². The van der Waals surface area contributed by atoms with Gasteiger partial charge in [0, 0.05) is 35.1 Å². The lowest BCUT2D eigenvalue weighted by Gasteiger charge is -2.18. The lowest BCUT2D eigenvalue weighted by Crippen LogP contribution is -2.36. The smallest absolute Gasteiger partial charge is 0.220 e. The summed E-state index contributed by atoms with van der Waals surface area (Å²) in [5.74, 6) is -0.121. The van der Waals surface area contributed by atoms with Crippen molar-refractivity contribution in [1.82, 2.24) is 10.6 Å². The Morgan fingerprint density at radius 1 is 1.61 bits per heavy atom. The van der Waals surface area contributed by atoms with E-state index in [9.17, 15) is 9.18 Å². The lowest BCUT2D eigenvalue weighted by atomic mass is 10.1. The van der Waals surface area contributed by atoms with Crippen LogP contribution in [0.3, 0.4) is 0 Å². The van der Waals surface area contributed by atoms with Crippen molar-refractivity contribution in [1.29, 1.82) is 0 Å². The molecule has 0 aliphatic carbocycles. The van der Waals surface area contributed by atoms with E-state index >= 15 is 0 Å². The Morgan fingerprint density at radius 2 is 2.39 bits per heavy atom. The van der Waals surface area contributed by atoms with Crippen LogP contribution in [0.4, 0.5) is 4.39 Å². The Morgan fingerprint density at radius 3 is 3.00 bits per heavy atom. The number of carbonyl (C=O) groups excluding carboxylic acids is 1. The molecule has 0 spiro atoms. The van der Waals surface area contributed by atoms with Crippen LogP contribution >= 0.6 is 15.9 Å². The molecular weight excluding hydrogens is 299 g/mol. The molecule has 1 amide bonds. The fourth-order valence-electron chi connectivity index (χ4n) is 2.11. The highest BCUT2D eigenvalue weighted by atomic mass is 79.9. The largest absolute Gasteiger partial charge is 0.352 e. The summed E-state index contributed by atoms with van der Waals surface area (Å²) >= 11 is 3.24. The summed E-state index contributed by atoms with van der Waals surface area (Å²) < 4.78 is 14.5. The topological polar surface area (TPSA) is 41.1 Å². The molecule has 0 bridgehead atoms. The first-order valence-electron chi connectivity index (χ1n) is 6.04. The molecule has 1 saturated heterocycles. The van der Waals surface area contributed by atoms with E-state index < -0.39 is 0 Å². The molecule has 2 N–H and O–H groups in total. The SMILES string of the molecule is CC(NCC1CCC(=O)N1)c1ccc(Br)cc1F. The van der Waals surface area contributed by atoms with Gasteiger partial charge in [-0.15, -0.1) is 0 Å². The second-order valence-corrected chi connectivity index (χ2v) is 5.51. The van der Waals surface area contributed by atoms with Gasteiger partial charge in [-0.05, 0) is 25.5 Å². The molecule has 2 unspecified atom stereocenters. The Labute approximate surface area is 114 Å². The molecule has 0 radical (unpaired) electrons. The van der Waals surface area contributed by atoms with Crippen molar-refractivity contribution in [3.63, 3.8) is 0 Å². The van der Waals surface area contributed by atoms with Crippen LogP contribution in [-0.4, -0.2) is 18.5 Å². The third-order valence-corrected chi connectivity index (χ3v) is 3.68. The van der Waals surface area contributed by atoms with E-state index in [1.54, 1.807) is 6.07 Å². The minimum Gasteiger partial charge on any atom is -0.352 e. The van der Waals surface area contributed by atoms with Gasteiger partial charge in [0.1, 0.15) is 5.82 Å². The average Bonchev–Trinajstić information content (AvgIpc) is 2.72. The molecule has 1 aliphatic heterocycles. The maximum atomic E-state index is 13.7. The van der Waals surface area contributed by atoms with E-state index in [2.05, 4.69) is 26.6 Å². The lowest BCUT2D eigenvalue weighted by molar-refractivity contribution is -0.119. The monoisotopic (exact) mass is 314 g/mol. The summed E-state index contributed by atoms with van der Waals surface area (Å²) in [5.41, 5.74) is 0.641. The van der Waals surface area contributed by atoms with Crippen LogP contribution in [0.15, 0.2) is 22.7 Å². The highest BCUT2D eigenvalue weighted by Crippen LogP contribution is 2.21. The van der Waals surface area contributed by atoms with Gasteiger partial charge in [-0.25, -0.2) is 4.39 Å². The van der Waals surface area contributed by atoms with Gasteiger partial charge in [0.2, 0.25) is 5.91 Å². The van der Waals surface area contributed by atoms with Crippen LogP contribution in [-0.2, 0) is 4.79 Å². The third kappa shape index (κ3) is 3.29. The maximum Gasteiger partial charge on any atom is 0.220 e. The molecule has 1 heterocycles. The molecule has 0 aromatic heterocycles. The fraction of sp³-hybridized carbons (Fsp3) is 0.462. The first-order chi connectivity index (χ1) is 8.56. The number of hydrogen-bond acceptors (Lipinski definition) is 2. The van der Waals surface area contributed by atoms with E-state index in [1.807, 2.05) is 13.0 Å². The minimum atomic E-state index is -0.222. The Hall–Kier alpha value is -0.940. The zero-order valence-corrected chi connectivity index (χ0v) is 11.8. The molecule has 1 aliphatic rings. The quantitative estimate of drug-likeness (QED) is 0.896. The first kappa shape index (κ1) is 13.5. The summed E-state index contributed by atoms with van der Waals surface area (Å²) in [7, 11) is 0. The van der Waals surface area contributed by atoms with Gasteiger partial charge in [0.05, 0.1) is 0 Å². The molecule has 18 heavy (non-hydrogen) atoms. The number of benzene rings is 1. The van der Waals surface area contributed by atoms with Crippen LogP contribution < -0.4 is 10.6 Å². The Bertz CT molecular complexity index is 453. The highest BCUT2D eigenvalue weighted by molar-refractivity contribution is 9.10. The number of rotatable bonds is 4. The van der Waals surface area contributed by atoms with Crippen LogP contribution in [0, 0.1) is 5.82 Å². The molecule has 0 saturated carbocycles. The average molecular weight is 315 g/mol. The van der Waals surface area contributed by atoms with Crippen molar-refractivity contribution >= 4 is 21.8 Å². The van der Waals surface area contributed by atoms with Crippen molar-refractivity contribution in [3.8, 4) is 0 Å². The van der Waals surface area contributed by atoms with Crippen LogP contribution in [0.1, 0.15) is 31.4 Å². The van der Waals surface area contributed by atoms with Gasteiger partial charge < -0.3 is 10.6 Å². The maximum absolute atomic E-state index is 13.7. The zero-order chi connectivity index (χ0) is 13.1. The van der Waals surface area contributed by atoms with Gasteiger partial charge in [-0.3, -0.25) is 4.79 Å². The Kier molecular flexibility index (Phi) is 4.35. The van der Waals surface area contributed by atoms with E-state index in [1.165, 1.54) is 6.07 Å². The van der Waals surface area contributed by atoms with Crippen molar-refractivity contribution in [2.75, 3.05) is 6.54 Å². The molecule has 3 nitrogen and oxygen atoms in total. The van der Waals surface area contributed by atoms with Crippen molar-refractivity contribution < 1.29 is 9.18 Å². The van der Waals surface area contributed by atoms with E-state index in [4.69, 9.17) is 0 Å². The normalized spacial score (nSPS) is 20.8. The van der Waals surface area contributed by atoms with Crippen molar-refractivity contribution in [2.45, 2.75) is 31.8 Å². The summed E-state index contributed by atoms with van der Waals surface area (Å²) in [6.45, 7) is 2.59. The molecule has 1 aromatic rings. The summed E-state index contributed by atoms with van der Waals surface area (Å²) in [6, 6.07) is 5.15. The molecule has 1 aromatic carbocycles. The molecule has 1 fully saturated rings. The van der Waals surface area contributed by atoms with Crippen molar-refractivity contribution in [3.05, 3.63) is 34.1 Å². The highest BCUT2D eigenvalue weighted by Gasteiger charge is 2.21. The molecular formula is C13H16BrFN2O. The fourth-order valence-corrected chi connectivity index (χ4v) is 2.45. The minimum absolute atomic E-state index is 0.0735.